The van der Waals surface area contributed by atoms with Gasteiger partial charge in [-0.1, -0.05) is 30.3 Å². The number of likely N-dealkylation sites (tertiary alicyclic amines) is 1. The summed E-state index contributed by atoms with van der Waals surface area (Å²) in [6.45, 7) is 3.38. The maximum Gasteiger partial charge on any atom is 0.158 e. The van der Waals surface area contributed by atoms with E-state index in [0.29, 0.717) is 6.54 Å². The highest BCUT2D eigenvalue weighted by Gasteiger charge is 2.28. The minimum atomic E-state index is -0.420. The molecule has 2 aliphatic rings. The molecule has 3 rings (SSSR count). The van der Waals surface area contributed by atoms with Gasteiger partial charge in [-0.15, -0.1) is 0 Å². The number of β-amino-alcohol motifs (C(OH)–C–C–N with tert-alkyl or cyclic N) is 1. The van der Waals surface area contributed by atoms with Crippen molar-refractivity contribution in [2.75, 3.05) is 26.2 Å². The molecule has 21 heavy (non-hydrogen) atoms. The Kier molecular flexibility index (Phi) is 5.25. The Hall–Kier alpha value is -0.940. The highest BCUT2D eigenvalue weighted by molar-refractivity contribution is 5.17. The summed E-state index contributed by atoms with van der Waals surface area (Å²) in [4.78, 5) is 2.28. The average molecular weight is 291 g/mol. The predicted octanol–water partition coefficient (Wildman–Crippen LogP) is 2.34. The largest absolute Gasteiger partial charge is 0.387 e. The molecule has 2 aliphatic heterocycles. The van der Waals surface area contributed by atoms with E-state index in [-0.39, 0.29) is 12.4 Å². The van der Waals surface area contributed by atoms with Crippen molar-refractivity contribution >= 4 is 0 Å². The van der Waals surface area contributed by atoms with E-state index >= 15 is 0 Å². The SMILES string of the molecule is O[C@H](CN1CC[C@@H](OC2CCCCO2)C1)c1ccccc1. The fraction of sp³-hybridized carbons (Fsp3) is 0.647. The number of hydrogen-bond acceptors (Lipinski definition) is 4. The van der Waals surface area contributed by atoms with Crippen LogP contribution in [0.4, 0.5) is 0 Å². The van der Waals surface area contributed by atoms with Crippen LogP contribution in [0.25, 0.3) is 0 Å². The van der Waals surface area contributed by atoms with Crippen molar-refractivity contribution in [3.8, 4) is 0 Å². The minimum absolute atomic E-state index is 0.0113. The Morgan fingerprint density at radius 3 is 2.86 bits per heavy atom. The van der Waals surface area contributed by atoms with Gasteiger partial charge in [0.05, 0.1) is 12.2 Å². The summed E-state index contributed by atoms with van der Waals surface area (Å²) in [6.07, 6.45) is 4.22. The third-order valence-electron chi connectivity index (χ3n) is 4.33. The zero-order chi connectivity index (χ0) is 14.5. The quantitative estimate of drug-likeness (QED) is 0.904. The summed E-state index contributed by atoms with van der Waals surface area (Å²) in [5, 5.41) is 10.3. The molecule has 1 aromatic carbocycles. The number of ether oxygens (including phenoxy) is 2. The van der Waals surface area contributed by atoms with Crippen LogP contribution in [-0.2, 0) is 9.47 Å². The molecular formula is C17H25NO3. The molecule has 2 fully saturated rings. The van der Waals surface area contributed by atoms with Crippen molar-refractivity contribution in [1.29, 1.82) is 0 Å². The standard InChI is InChI=1S/C17H25NO3/c19-16(14-6-2-1-3-7-14)13-18-10-9-15(12-18)21-17-8-4-5-11-20-17/h1-3,6-7,15-17,19H,4-5,8-13H2/t15-,16-,17?/m1/s1. The molecule has 1 N–H and O–H groups in total. The van der Waals surface area contributed by atoms with Gasteiger partial charge >= 0.3 is 0 Å². The second kappa shape index (κ2) is 7.36. The van der Waals surface area contributed by atoms with Crippen LogP contribution < -0.4 is 0 Å². The molecule has 3 atom stereocenters. The van der Waals surface area contributed by atoms with Crippen molar-refractivity contribution < 1.29 is 14.6 Å². The molecule has 0 aromatic heterocycles. The normalized spacial score (nSPS) is 28.6. The Morgan fingerprint density at radius 1 is 1.24 bits per heavy atom. The summed E-state index contributed by atoms with van der Waals surface area (Å²) in [6, 6.07) is 9.86. The van der Waals surface area contributed by atoms with E-state index in [1.807, 2.05) is 30.3 Å². The van der Waals surface area contributed by atoms with Gasteiger partial charge in [-0.2, -0.15) is 0 Å². The number of hydrogen-bond donors (Lipinski definition) is 1. The van der Waals surface area contributed by atoms with Gasteiger partial charge < -0.3 is 14.6 Å². The number of benzene rings is 1. The van der Waals surface area contributed by atoms with Crippen molar-refractivity contribution in [3.05, 3.63) is 35.9 Å². The highest BCUT2D eigenvalue weighted by Crippen LogP contribution is 2.22. The Balaban J connectivity index is 1.44. The van der Waals surface area contributed by atoms with Gasteiger partial charge in [-0.3, -0.25) is 4.90 Å². The molecule has 0 saturated carbocycles. The summed E-state index contributed by atoms with van der Waals surface area (Å²) in [5.41, 5.74) is 0.984. The van der Waals surface area contributed by atoms with Crippen LogP contribution in [0.15, 0.2) is 30.3 Å². The molecular weight excluding hydrogens is 266 g/mol. The number of nitrogens with zero attached hydrogens (tertiary/aromatic N) is 1. The van der Waals surface area contributed by atoms with Gasteiger partial charge in [0.25, 0.3) is 0 Å². The number of aliphatic hydroxyl groups excluding tert-OH is 1. The van der Waals surface area contributed by atoms with Gasteiger partial charge in [0, 0.05) is 26.2 Å². The van der Waals surface area contributed by atoms with Crippen molar-refractivity contribution in [2.24, 2.45) is 0 Å². The van der Waals surface area contributed by atoms with Crippen LogP contribution >= 0.6 is 0 Å². The van der Waals surface area contributed by atoms with Gasteiger partial charge in [0.1, 0.15) is 0 Å². The summed E-state index contributed by atoms with van der Waals surface area (Å²) in [7, 11) is 0. The van der Waals surface area contributed by atoms with Gasteiger partial charge in [-0.05, 0) is 31.2 Å². The molecule has 0 aliphatic carbocycles. The third-order valence-corrected chi connectivity index (χ3v) is 4.33. The van der Waals surface area contributed by atoms with E-state index in [4.69, 9.17) is 9.47 Å². The van der Waals surface area contributed by atoms with Crippen LogP contribution in [0, 0.1) is 0 Å². The van der Waals surface area contributed by atoms with Crippen LogP contribution in [0.1, 0.15) is 37.4 Å². The topological polar surface area (TPSA) is 41.9 Å². The Morgan fingerprint density at radius 2 is 2.10 bits per heavy atom. The first-order valence-corrected chi connectivity index (χ1v) is 8.04. The zero-order valence-electron chi connectivity index (χ0n) is 12.5. The lowest BCUT2D eigenvalue weighted by atomic mass is 10.1. The van der Waals surface area contributed by atoms with Crippen molar-refractivity contribution in [2.45, 2.75) is 44.2 Å². The molecule has 4 nitrogen and oxygen atoms in total. The van der Waals surface area contributed by atoms with Crippen LogP contribution in [0.2, 0.25) is 0 Å². The van der Waals surface area contributed by atoms with Crippen LogP contribution in [0.3, 0.4) is 0 Å². The first kappa shape index (κ1) is 15.0. The van der Waals surface area contributed by atoms with Crippen LogP contribution in [-0.4, -0.2) is 48.6 Å². The second-order valence-corrected chi connectivity index (χ2v) is 6.03. The number of rotatable bonds is 5. The smallest absolute Gasteiger partial charge is 0.158 e. The second-order valence-electron chi connectivity index (χ2n) is 6.03. The minimum Gasteiger partial charge on any atom is -0.387 e. The first-order valence-electron chi connectivity index (χ1n) is 8.04. The van der Waals surface area contributed by atoms with Gasteiger partial charge in [-0.25, -0.2) is 0 Å². The Labute approximate surface area is 126 Å². The molecule has 0 spiro atoms. The predicted molar refractivity (Wildman–Crippen MR) is 80.9 cm³/mol. The lowest BCUT2D eigenvalue weighted by Gasteiger charge is -2.26. The van der Waals surface area contributed by atoms with E-state index in [1.165, 1.54) is 6.42 Å². The summed E-state index contributed by atoms with van der Waals surface area (Å²) >= 11 is 0. The molecule has 116 valence electrons. The lowest BCUT2D eigenvalue weighted by molar-refractivity contribution is -0.185. The highest BCUT2D eigenvalue weighted by atomic mass is 16.7. The maximum absolute atomic E-state index is 10.3. The molecule has 1 unspecified atom stereocenters. The van der Waals surface area contributed by atoms with E-state index in [2.05, 4.69) is 4.90 Å². The molecule has 0 bridgehead atoms. The fourth-order valence-corrected chi connectivity index (χ4v) is 3.13. The van der Waals surface area contributed by atoms with E-state index in [9.17, 15) is 5.11 Å². The molecule has 2 saturated heterocycles. The summed E-state index contributed by atoms with van der Waals surface area (Å²) in [5.74, 6) is 0. The number of aliphatic hydroxyl groups is 1. The third kappa shape index (κ3) is 4.27. The zero-order valence-corrected chi connectivity index (χ0v) is 12.5. The monoisotopic (exact) mass is 291 g/mol. The Bertz CT molecular complexity index is 419. The van der Waals surface area contributed by atoms with E-state index in [0.717, 1.165) is 44.5 Å². The van der Waals surface area contributed by atoms with Gasteiger partial charge in [0.2, 0.25) is 0 Å². The molecule has 0 radical (unpaired) electrons. The van der Waals surface area contributed by atoms with Crippen LogP contribution in [0.5, 0.6) is 0 Å². The molecule has 0 amide bonds. The van der Waals surface area contributed by atoms with Crippen molar-refractivity contribution in [3.63, 3.8) is 0 Å². The molecule has 2 heterocycles. The average Bonchev–Trinajstić information content (AvgIpc) is 2.96. The van der Waals surface area contributed by atoms with E-state index < -0.39 is 6.10 Å². The van der Waals surface area contributed by atoms with Crippen molar-refractivity contribution in [1.82, 2.24) is 4.90 Å². The molecule has 4 heteroatoms. The van der Waals surface area contributed by atoms with Gasteiger partial charge in [0.15, 0.2) is 6.29 Å². The summed E-state index contributed by atoms with van der Waals surface area (Å²) < 4.78 is 11.7. The fourth-order valence-electron chi connectivity index (χ4n) is 3.13. The first-order chi connectivity index (χ1) is 10.3. The van der Waals surface area contributed by atoms with E-state index in [1.54, 1.807) is 0 Å². The lowest BCUT2D eigenvalue weighted by Crippen LogP contribution is -2.31. The maximum atomic E-state index is 10.3. The molecule has 1 aromatic rings.